The van der Waals surface area contributed by atoms with Gasteiger partial charge in [0.05, 0.1) is 12.1 Å². The number of hydrogen-bond donors (Lipinski definition) is 2. The molecule has 1 fully saturated rings. The fraction of sp³-hybridized carbons (Fsp3) is 0.423. The number of fused-ring (bicyclic) bond motifs is 1. The van der Waals surface area contributed by atoms with Crippen LogP contribution in [0.3, 0.4) is 0 Å². The van der Waals surface area contributed by atoms with E-state index in [1.807, 2.05) is 35.7 Å². The number of piperidine rings is 1. The lowest BCUT2D eigenvalue weighted by Crippen LogP contribution is -2.44. The number of furan rings is 1. The number of nitrogens with zero attached hydrogens (tertiary/aromatic N) is 1. The molecule has 1 saturated heterocycles. The van der Waals surface area contributed by atoms with Crippen LogP contribution in [0.25, 0.3) is 11.0 Å². The fourth-order valence-corrected chi connectivity index (χ4v) is 5.54. The molecule has 2 aliphatic rings. The third-order valence-electron chi connectivity index (χ3n) is 6.86. The Morgan fingerprint density at radius 1 is 1.22 bits per heavy atom. The minimum absolute atomic E-state index is 0.222. The average molecular weight is 451 g/mol. The van der Waals surface area contributed by atoms with Gasteiger partial charge in [-0.1, -0.05) is 24.3 Å². The summed E-state index contributed by atoms with van der Waals surface area (Å²) in [4.78, 5) is 16.1. The van der Waals surface area contributed by atoms with E-state index in [9.17, 15) is 9.90 Å². The minimum Gasteiger partial charge on any atom is -0.451 e. The Morgan fingerprint density at radius 3 is 2.84 bits per heavy atom. The molecular weight excluding hydrogens is 420 g/mol. The minimum atomic E-state index is -0.823. The van der Waals surface area contributed by atoms with Crippen LogP contribution in [0.4, 0.5) is 0 Å². The van der Waals surface area contributed by atoms with Crippen LogP contribution in [0.15, 0.2) is 58.3 Å². The van der Waals surface area contributed by atoms with E-state index in [-0.39, 0.29) is 5.91 Å². The van der Waals surface area contributed by atoms with Crippen molar-refractivity contribution in [3.05, 3.63) is 70.1 Å². The summed E-state index contributed by atoms with van der Waals surface area (Å²) in [5.41, 5.74) is 0.758. The molecule has 2 aromatic heterocycles. The number of carbonyl (C=O) groups is 1. The number of carbonyl (C=O) groups excluding carboxylic acids is 1. The lowest BCUT2D eigenvalue weighted by atomic mass is 9.83. The standard InChI is InChI=1S/C26H30N2O3S/c29-25(27-17-22-7-4-14-32-22)24-16-20-15-21(8-9-23(20)31-24)26(30)10-12-28(13-11-26)18-19-5-2-1-3-6-19/h1-2,4,7-9,14-16,19,30H,3,5-6,10-13,17-18H2,(H,27,29)/t19-/m0/s1. The zero-order chi connectivity index (χ0) is 22.0. The summed E-state index contributed by atoms with van der Waals surface area (Å²) < 4.78 is 5.77. The van der Waals surface area contributed by atoms with Gasteiger partial charge in [-0.3, -0.25) is 4.79 Å². The molecule has 0 spiro atoms. The van der Waals surface area contributed by atoms with Crippen molar-refractivity contribution < 1.29 is 14.3 Å². The highest BCUT2D eigenvalue weighted by Gasteiger charge is 2.34. The van der Waals surface area contributed by atoms with E-state index in [0.717, 1.165) is 54.2 Å². The first kappa shape index (κ1) is 21.4. The molecule has 0 radical (unpaired) electrons. The van der Waals surface area contributed by atoms with Crippen molar-refractivity contribution in [2.45, 2.75) is 44.2 Å². The number of allylic oxidation sites excluding steroid dienone is 2. The molecule has 1 atom stereocenters. The zero-order valence-corrected chi connectivity index (χ0v) is 19.1. The van der Waals surface area contributed by atoms with Gasteiger partial charge < -0.3 is 19.7 Å². The molecule has 1 amide bonds. The second-order valence-corrected chi connectivity index (χ2v) is 10.1. The van der Waals surface area contributed by atoms with Crippen LogP contribution in [0, 0.1) is 5.92 Å². The molecule has 3 heterocycles. The third kappa shape index (κ3) is 4.68. The van der Waals surface area contributed by atoms with Gasteiger partial charge in [0.2, 0.25) is 0 Å². The molecule has 6 heteroatoms. The molecule has 168 valence electrons. The lowest BCUT2D eigenvalue weighted by molar-refractivity contribution is -0.0289. The summed E-state index contributed by atoms with van der Waals surface area (Å²) in [6, 6.07) is 11.5. The van der Waals surface area contributed by atoms with Crippen molar-refractivity contribution in [3.8, 4) is 0 Å². The van der Waals surface area contributed by atoms with Crippen LogP contribution in [-0.4, -0.2) is 35.5 Å². The van der Waals surface area contributed by atoms with Gasteiger partial charge >= 0.3 is 0 Å². The van der Waals surface area contributed by atoms with Crippen LogP contribution in [0.5, 0.6) is 0 Å². The number of thiophene rings is 1. The topological polar surface area (TPSA) is 65.7 Å². The van der Waals surface area contributed by atoms with Crippen LogP contribution in [0.1, 0.15) is 53.1 Å². The van der Waals surface area contributed by atoms with Crippen molar-refractivity contribution in [1.29, 1.82) is 0 Å². The second kappa shape index (κ2) is 9.22. The molecule has 5 nitrogen and oxygen atoms in total. The molecule has 0 bridgehead atoms. The average Bonchev–Trinajstić information content (AvgIpc) is 3.49. The van der Waals surface area contributed by atoms with E-state index in [1.54, 1.807) is 17.4 Å². The molecule has 1 aromatic carbocycles. The van der Waals surface area contributed by atoms with Gasteiger partial charge in [0.25, 0.3) is 5.91 Å². The Labute approximate surface area is 192 Å². The Bertz CT molecular complexity index is 1090. The first-order chi connectivity index (χ1) is 15.6. The number of nitrogens with one attached hydrogen (secondary N) is 1. The maximum Gasteiger partial charge on any atom is 0.287 e. The van der Waals surface area contributed by atoms with Crippen LogP contribution in [0.2, 0.25) is 0 Å². The van der Waals surface area contributed by atoms with E-state index in [4.69, 9.17) is 4.42 Å². The predicted octanol–water partition coefficient (Wildman–Crippen LogP) is 5.06. The van der Waals surface area contributed by atoms with E-state index < -0.39 is 5.60 Å². The van der Waals surface area contributed by atoms with Crippen molar-refractivity contribution in [2.24, 2.45) is 5.92 Å². The second-order valence-electron chi connectivity index (χ2n) is 9.11. The number of hydrogen-bond acceptors (Lipinski definition) is 5. The van der Waals surface area contributed by atoms with Crippen LogP contribution in [-0.2, 0) is 12.1 Å². The first-order valence-corrected chi connectivity index (χ1v) is 12.4. The summed E-state index contributed by atoms with van der Waals surface area (Å²) in [6.45, 7) is 3.45. The van der Waals surface area contributed by atoms with E-state index in [0.29, 0.717) is 17.9 Å². The Hall–Kier alpha value is -2.41. The highest BCUT2D eigenvalue weighted by atomic mass is 32.1. The predicted molar refractivity (Wildman–Crippen MR) is 128 cm³/mol. The monoisotopic (exact) mass is 450 g/mol. The van der Waals surface area contributed by atoms with Crippen molar-refractivity contribution in [1.82, 2.24) is 10.2 Å². The SMILES string of the molecule is O=C(NCc1cccs1)c1cc2cc(C3(O)CCN(C[C@H]4CC=CCC4)CC3)ccc2o1. The zero-order valence-electron chi connectivity index (χ0n) is 18.3. The van der Waals surface area contributed by atoms with Gasteiger partial charge in [0, 0.05) is 29.9 Å². The van der Waals surface area contributed by atoms with Gasteiger partial charge in [0.1, 0.15) is 5.58 Å². The molecule has 0 unspecified atom stereocenters. The summed E-state index contributed by atoms with van der Waals surface area (Å²) in [7, 11) is 0. The molecule has 3 aromatic rings. The maximum absolute atomic E-state index is 12.5. The fourth-order valence-electron chi connectivity index (χ4n) is 4.89. The number of benzene rings is 1. The summed E-state index contributed by atoms with van der Waals surface area (Å²) >= 11 is 1.61. The van der Waals surface area contributed by atoms with Gasteiger partial charge in [0.15, 0.2) is 5.76 Å². The van der Waals surface area contributed by atoms with Gasteiger partial charge in [-0.25, -0.2) is 0 Å². The first-order valence-electron chi connectivity index (χ1n) is 11.5. The summed E-state index contributed by atoms with van der Waals surface area (Å²) in [5.74, 6) is 0.829. The molecule has 2 N–H and O–H groups in total. The van der Waals surface area contributed by atoms with Crippen molar-refractivity contribution in [2.75, 3.05) is 19.6 Å². The van der Waals surface area contributed by atoms with Gasteiger partial charge in [-0.05, 0) is 73.2 Å². The number of likely N-dealkylation sites (tertiary alicyclic amines) is 1. The highest BCUT2D eigenvalue weighted by Crippen LogP contribution is 2.35. The third-order valence-corrected chi connectivity index (χ3v) is 7.73. The summed E-state index contributed by atoms with van der Waals surface area (Å²) in [6.07, 6.45) is 9.71. The normalized spacial score (nSPS) is 21.1. The lowest BCUT2D eigenvalue weighted by Gasteiger charge is -2.40. The van der Waals surface area contributed by atoms with E-state index >= 15 is 0 Å². The molecule has 0 saturated carbocycles. The summed E-state index contributed by atoms with van der Waals surface area (Å²) in [5, 5.41) is 17.1. The van der Waals surface area contributed by atoms with Gasteiger partial charge in [-0.2, -0.15) is 0 Å². The van der Waals surface area contributed by atoms with E-state index in [2.05, 4.69) is 22.4 Å². The van der Waals surface area contributed by atoms with Crippen molar-refractivity contribution in [3.63, 3.8) is 0 Å². The van der Waals surface area contributed by atoms with E-state index in [1.165, 1.54) is 19.3 Å². The molecule has 32 heavy (non-hydrogen) atoms. The largest absolute Gasteiger partial charge is 0.451 e. The highest BCUT2D eigenvalue weighted by molar-refractivity contribution is 7.09. The smallest absolute Gasteiger partial charge is 0.287 e. The number of aliphatic hydroxyl groups is 1. The maximum atomic E-state index is 12.5. The Morgan fingerprint density at radius 2 is 2.09 bits per heavy atom. The Balaban J connectivity index is 1.23. The number of rotatable bonds is 6. The molecule has 1 aliphatic heterocycles. The molecule has 5 rings (SSSR count). The molecule has 1 aliphatic carbocycles. The van der Waals surface area contributed by atoms with Crippen LogP contribution < -0.4 is 5.32 Å². The molecular formula is C26H30N2O3S. The van der Waals surface area contributed by atoms with Crippen LogP contribution >= 0.6 is 11.3 Å². The quantitative estimate of drug-likeness (QED) is 0.515. The Kier molecular flexibility index (Phi) is 6.17. The number of amides is 1. The van der Waals surface area contributed by atoms with Crippen molar-refractivity contribution >= 4 is 28.2 Å². The van der Waals surface area contributed by atoms with Gasteiger partial charge in [-0.15, -0.1) is 11.3 Å².